The van der Waals surface area contributed by atoms with Gasteiger partial charge in [0.2, 0.25) is 0 Å². The summed E-state index contributed by atoms with van der Waals surface area (Å²) in [6.45, 7) is 4.69. The molecule has 13 aromatic carbocycles. The van der Waals surface area contributed by atoms with Crippen molar-refractivity contribution in [2.75, 3.05) is 4.90 Å². The molecule has 0 aliphatic heterocycles. The maximum absolute atomic E-state index is 6.93. The minimum absolute atomic E-state index is 0.102. The van der Waals surface area contributed by atoms with Crippen LogP contribution in [0.15, 0.2) is 312 Å². The van der Waals surface area contributed by atoms with Crippen LogP contribution in [-0.4, -0.2) is 0 Å². The zero-order valence-corrected chi connectivity index (χ0v) is 48.8. The Morgan fingerprint density at radius 3 is 1.20 bits per heavy atom. The van der Waals surface area contributed by atoms with E-state index in [2.05, 4.69) is 310 Å². The minimum atomic E-state index is -0.524. The van der Waals surface area contributed by atoms with Crippen molar-refractivity contribution in [2.45, 2.75) is 30.1 Å². The first-order chi connectivity index (χ1) is 42.8. The first-order valence-corrected chi connectivity index (χ1v) is 30.4. The monoisotopic (exact) mass is 1130 g/mol. The number of fused-ring (bicyclic) bond motifs is 15. The Morgan fingerprint density at radius 1 is 0.299 bits per heavy atom. The molecular weight excluding hydrogens is 1080 g/mol. The van der Waals surface area contributed by atoms with Gasteiger partial charge in [0.25, 0.3) is 0 Å². The molecule has 0 bridgehead atoms. The molecule has 87 heavy (non-hydrogen) atoms. The van der Waals surface area contributed by atoms with Crippen LogP contribution in [0.4, 0.5) is 17.1 Å². The van der Waals surface area contributed by atoms with Crippen molar-refractivity contribution in [1.29, 1.82) is 0 Å². The molecule has 15 aromatic rings. The topological polar surface area (TPSA) is 29.5 Å². The fraction of sp³-hybridized carbons (Fsp3) is 0.0602. The van der Waals surface area contributed by atoms with E-state index < -0.39 is 10.8 Å². The second-order valence-electron chi connectivity index (χ2n) is 23.8. The summed E-state index contributed by atoms with van der Waals surface area (Å²) in [6.07, 6.45) is 0. The van der Waals surface area contributed by atoms with Gasteiger partial charge in [-0.2, -0.15) is 0 Å². The molecule has 0 saturated heterocycles. The van der Waals surface area contributed by atoms with Gasteiger partial charge in [-0.1, -0.05) is 262 Å². The van der Waals surface area contributed by atoms with Gasteiger partial charge < -0.3 is 13.7 Å². The molecule has 3 aliphatic rings. The summed E-state index contributed by atoms with van der Waals surface area (Å²) in [5.41, 5.74) is 26.3. The van der Waals surface area contributed by atoms with Gasteiger partial charge in [-0.15, -0.1) is 0 Å². The summed E-state index contributed by atoms with van der Waals surface area (Å²) >= 11 is 6.31. The van der Waals surface area contributed by atoms with Crippen LogP contribution in [0.1, 0.15) is 69.5 Å². The van der Waals surface area contributed by atoms with Gasteiger partial charge in [0.1, 0.15) is 22.3 Å². The zero-order chi connectivity index (χ0) is 58.0. The van der Waals surface area contributed by atoms with Crippen LogP contribution in [0, 0.1) is 0 Å². The molecule has 4 heteroatoms. The molecule has 0 spiro atoms. The Kier molecular flexibility index (Phi) is 11.5. The van der Waals surface area contributed by atoms with Crippen molar-refractivity contribution in [3.63, 3.8) is 0 Å². The Balaban J connectivity index is 0.000000152. The fourth-order valence-electron chi connectivity index (χ4n) is 15.7. The number of rotatable bonds is 7. The lowest BCUT2D eigenvalue weighted by Crippen LogP contribution is -2.28. The number of hydrogen-bond acceptors (Lipinski definition) is 3. The number of nitrogens with zero attached hydrogens (tertiary/aromatic N) is 1. The lowest BCUT2D eigenvalue weighted by atomic mass is 9.66. The predicted octanol–water partition coefficient (Wildman–Crippen LogP) is 22.3. The van der Waals surface area contributed by atoms with Crippen LogP contribution in [0.5, 0.6) is 0 Å². The molecule has 3 nitrogen and oxygen atoms in total. The lowest BCUT2D eigenvalue weighted by Gasteiger charge is -2.34. The molecule has 18 rings (SSSR count). The third-order valence-electron chi connectivity index (χ3n) is 19.2. The second kappa shape index (κ2) is 19.6. The van der Waals surface area contributed by atoms with Crippen LogP contribution < -0.4 is 4.90 Å². The van der Waals surface area contributed by atoms with Gasteiger partial charge in [0, 0.05) is 61.1 Å². The van der Waals surface area contributed by atoms with E-state index in [1.165, 1.54) is 89.0 Å². The van der Waals surface area contributed by atoms with Crippen molar-refractivity contribution in [1.82, 2.24) is 0 Å². The van der Waals surface area contributed by atoms with Crippen LogP contribution in [0.3, 0.4) is 0 Å². The van der Waals surface area contributed by atoms with E-state index in [4.69, 9.17) is 20.4 Å². The lowest BCUT2D eigenvalue weighted by molar-refractivity contribution is 0.660. The number of hydrogen-bond donors (Lipinski definition) is 0. The normalized spacial score (nSPS) is 14.2. The Morgan fingerprint density at radius 2 is 0.690 bits per heavy atom. The average molecular weight is 1130 g/mol. The molecule has 2 heterocycles. The maximum atomic E-state index is 6.93. The van der Waals surface area contributed by atoms with Gasteiger partial charge in [-0.05, 0) is 138 Å². The molecule has 0 fully saturated rings. The highest BCUT2D eigenvalue weighted by Crippen LogP contribution is 2.61. The number of benzene rings is 13. The summed E-state index contributed by atoms with van der Waals surface area (Å²) in [7, 11) is 0. The molecule has 0 N–H and O–H groups in total. The van der Waals surface area contributed by atoms with Gasteiger partial charge in [0.15, 0.2) is 0 Å². The van der Waals surface area contributed by atoms with Crippen LogP contribution in [0.25, 0.3) is 77.3 Å². The molecule has 0 saturated carbocycles. The standard InChI is InChI=1S/C52H37NO.C31H19ClO/c1-51(2)41-24-12-11-23-39(41)49-44(51)27-15-29-46(49)53(35-19-7-4-8-20-35)36-31-32-40-48(33-36)54-47-30-16-28-45(50(40)47)52(34-17-5-3-6-18-34)42-25-13-9-21-37(42)38-22-10-14-26-43(38)52;32-21-17-18-24-29(19-21)33-28-16-8-15-27(30(24)28)31(20-9-2-1-3-10-20)25-13-6-4-11-22(25)23-12-5-7-14-26(23)31/h3-33H,1-2H3;1-19H. The number of para-hydroxylation sites is 1. The summed E-state index contributed by atoms with van der Waals surface area (Å²) in [5, 5.41) is 5.16. The molecule has 2 aromatic heterocycles. The van der Waals surface area contributed by atoms with Crippen LogP contribution >= 0.6 is 11.6 Å². The highest BCUT2D eigenvalue weighted by molar-refractivity contribution is 6.31. The molecule has 0 radical (unpaired) electrons. The molecule has 3 aliphatic carbocycles. The molecule has 0 atom stereocenters. The van der Waals surface area contributed by atoms with Gasteiger partial charge >= 0.3 is 0 Å². The minimum Gasteiger partial charge on any atom is -0.456 e. The van der Waals surface area contributed by atoms with E-state index in [1.54, 1.807) is 0 Å². The summed E-state index contributed by atoms with van der Waals surface area (Å²) in [5.74, 6) is 0. The summed E-state index contributed by atoms with van der Waals surface area (Å²) in [4.78, 5) is 2.40. The smallest absolute Gasteiger partial charge is 0.137 e. The van der Waals surface area contributed by atoms with Gasteiger partial charge in [-0.25, -0.2) is 0 Å². The zero-order valence-electron chi connectivity index (χ0n) is 48.0. The first kappa shape index (κ1) is 51.0. The number of anilines is 3. The van der Waals surface area contributed by atoms with E-state index >= 15 is 0 Å². The van der Waals surface area contributed by atoms with Crippen molar-refractivity contribution in [2.24, 2.45) is 0 Å². The van der Waals surface area contributed by atoms with Crippen molar-refractivity contribution >= 4 is 72.5 Å². The van der Waals surface area contributed by atoms with Gasteiger partial charge in [0.05, 0.1) is 16.5 Å². The SMILES string of the molecule is CC1(C)c2ccccc2-c2c(N(c3ccccc3)c3ccc4c(c3)oc3cccc(C5(c6ccccc6)c6ccccc6-c6ccccc65)c34)cccc21.Clc1ccc2c(c1)oc1cccc(C3(c4ccccc4)c4ccccc4-c4ccccc43)c12. The summed E-state index contributed by atoms with van der Waals surface area (Å²) < 4.78 is 13.2. The van der Waals surface area contributed by atoms with E-state index in [9.17, 15) is 0 Å². The Hall–Kier alpha value is -10.5. The first-order valence-electron chi connectivity index (χ1n) is 30.0. The van der Waals surface area contributed by atoms with Gasteiger partial charge in [-0.3, -0.25) is 0 Å². The van der Waals surface area contributed by atoms with Crippen LogP contribution in [-0.2, 0) is 16.2 Å². The molecule has 0 unspecified atom stereocenters. The largest absolute Gasteiger partial charge is 0.456 e. The van der Waals surface area contributed by atoms with E-state index in [1.807, 2.05) is 12.1 Å². The van der Waals surface area contributed by atoms with E-state index in [0.29, 0.717) is 5.02 Å². The second-order valence-corrected chi connectivity index (χ2v) is 24.3. The molecule has 0 amide bonds. The maximum Gasteiger partial charge on any atom is 0.137 e. The number of furan rings is 2. The Bertz CT molecular complexity index is 5140. The van der Waals surface area contributed by atoms with E-state index in [0.717, 1.165) is 60.9 Å². The van der Waals surface area contributed by atoms with Crippen molar-refractivity contribution in [3.8, 4) is 33.4 Å². The number of halogens is 1. The molecular formula is C83H56ClNO2. The highest BCUT2D eigenvalue weighted by Gasteiger charge is 2.49. The van der Waals surface area contributed by atoms with Crippen molar-refractivity contribution in [3.05, 3.63) is 364 Å². The van der Waals surface area contributed by atoms with E-state index in [-0.39, 0.29) is 5.41 Å². The quantitative estimate of drug-likeness (QED) is 0.159. The fourth-order valence-corrected chi connectivity index (χ4v) is 15.8. The van der Waals surface area contributed by atoms with Crippen LogP contribution in [0.2, 0.25) is 5.02 Å². The average Bonchev–Trinajstić information content (AvgIpc) is 1.59. The predicted molar refractivity (Wildman–Crippen MR) is 359 cm³/mol. The third-order valence-corrected chi connectivity index (χ3v) is 19.4. The van der Waals surface area contributed by atoms with Crippen molar-refractivity contribution < 1.29 is 8.83 Å². The third kappa shape index (κ3) is 7.30. The Labute approximate surface area is 510 Å². The summed E-state index contributed by atoms with van der Waals surface area (Å²) in [6, 6.07) is 109. The highest BCUT2D eigenvalue weighted by atomic mass is 35.5. The molecule has 412 valence electrons.